The average Bonchev–Trinajstić information content (AvgIpc) is 2.90. The zero-order chi connectivity index (χ0) is 14.1. The molecule has 20 heavy (non-hydrogen) atoms. The van der Waals surface area contributed by atoms with E-state index in [1.54, 1.807) is 7.11 Å². The molecule has 3 rings (SSSR count). The highest BCUT2D eigenvalue weighted by Gasteiger charge is 2.23. The van der Waals surface area contributed by atoms with Crippen molar-refractivity contribution in [3.8, 4) is 5.75 Å². The molecule has 1 aliphatic rings. The molecule has 1 aliphatic heterocycles. The Morgan fingerprint density at radius 3 is 2.25 bits per heavy atom. The number of rotatable bonds is 3. The Kier molecular flexibility index (Phi) is 3.36. The van der Waals surface area contributed by atoms with E-state index < -0.39 is 0 Å². The minimum Gasteiger partial charge on any atom is -0.496 e. The third kappa shape index (κ3) is 2.14. The molecule has 0 radical (unpaired) electrons. The number of nitrogens with zero attached hydrogens (tertiary/aromatic N) is 1. The molecule has 2 N–H and O–H groups in total. The van der Waals surface area contributed by atoms with Crippen molar-refractivity contribution >= 4 is 5.69 Å². The Hall–Kier alpha value is -2.00. The zero-order valence-electron chi connectivity index (χ0n) is 12.0. The van der Waals surface area contributed by atoms with Crippen LogP contribution in [0.3, 0.4) is 0 Å². The third-order valence-electron chi connectivity index (χ3n) is 3.90. The van der Waals surface area contributed by atoms with Crippen LogP contribution in [0.4, 0.5) is 5.69 Å². The van der Waals surface area contributed by atoms with E-state index in [1.165, 1.54) is 16.8 Å². The van der Waals surface area contributed by atoms with Gasteiger partial charge in [0.15, 0.2) is 0 Å². The van der Waals surface area contributed by atoms with Crippen LogP contribution in [-0.2, 0) is 13.1 Å². The first-order chi connectivity index (χ1) is 9.70. The van der Waals surface area contributed by atoms with E-state index in [4.69, 9.17) is 10.5 Å². The molecule has 0 spiro atoms. The monoisotopic (exact) mass is 268 g/mol. The highest BCUT2D eigenvalue weighted by molar-refractivity contribution is 5.62. The fourth-order valence-corrected chi connectivity index (χ4v) is 2.95. The van der Waals surface area contributed by atoms with Crippen LogP contribution in [0.25, 0.3) is 0 Å². The summed E-state index contributed by atoms with van der Waals surface area (Å²) in [5.74, 6) is 0.869. The highest BCUT2D eigenvalue weighted by atomic mass is 16.5. The first kappa shape index (κ1) is 13.0. The maximum absolute atomic E-state index is 6.16. The average molecular weight is 268 g/mol. The normalized spacial score (nSPS) is 15.1. The van der Waals surface area contributed by atoms with Crippen molar-refractivity contribution in [2.24, 2.45) is 5.73 Å². The molecular weight excluding hydrogens is 248 g/mol. The molecule has 1 atom stereocenters. The predicted molar refractivity (Wildman–Crippen MR) is 81.9 cm³/mol. The Balaban J connectivity index is 2.00. The van der Waals surface area contributed by atoms with Gasteiger partial charge in [-0.15, -0.1) is 0 Å². The third-order valence-corrected chi connectivity index (χ3v) is 3.90. The summed E-state index contributed by atoms with van der Waals surface area (Å²) in [4.78, 5) is 2.37. The molecule has 0 amide bonds. The van der Waals surface area contributed by atoms with E-state index >= 15 is 0 Å². The van der Waals surface area contributed by atoms with Crippen LogP contribution in [0.15, 0.2) is 42.5 Å². The summed E-state index contributed by atoms with van der Waals surface area (Å²) in [6.45, 7) is 3.87. The molecule has 0 unspecified atom stereocenters. The van der Waals surface area contributed by atoms with Crippen molar-refractivity contribution in [2.75, 3.05) is 12.0 Å². The highest BCUT2D eigenvalue weighted by Crippen LogP contribution is 2.37. The smallest absolute Gasteiger partial charge is 0.125 e. The lowest BCUT2D eigenvalue weighted by Gasteiger charge is -2.24. The van der Waals surface area contributed by atoms with Crippen LogP contribution in [0.1, 0.15) is 29.7 Å². The largest absolute Gasteiger partial charge is 0.496 e. The van der Waals surface area contributed by atoms with Crippen LogP contribution < -0.4 is 15.4 Å². The second kappa shape index (κ2) is 5.17. The molecule has 1 heterocycles. The summed E-state index contributed by atoms with van der Waals surface area (Å²) in [5, 5.41) is 0. The van der Waals surface area contributed by atoms with Gasteiger partial charge in [-0.2, -0.15) is 0 Å². The number of ether oxygens (including phenoxy) is 1. The maximum atomic E-state index is 6.16. The van der Waals surface area contributed by atoms with E-state index in [0.717, 1.165) is 24.4 Å². The summed E-state index contributed by atoms with van der Waals surface area (Å²) in [7, 11) is 1.70. The van der Waals surface area contributed by atoms with Gasteiger partial charge in [-0.3, -0.25) is 0 Å². The van der Waals surface area contributed by atoms with Crippen molar-refractivity contribution in [3.63, 3.8) is 0 Å². The zero-order valence-corrected chi connectivity index (χ0v) is 12.0. The molecule has 2 aromatic rings. The van der Waals surface area contributed by atoms with Gasteiger partial charge in [0, 0.05) is 30.4 Å². The molecule has 104 valence electrons. The quantitative estimate of drug-likeness (QED) is 0.928. The number of methoxy groups -OCH3 is 1. The van der Waals surface area contributed by atoms with E-state index in [9.17, 15) is 0 Å². The Labute approximate surface area is 120 Å². The van der Waals surface area contributed by atoms with Gasteiger partial charge in [0.1, 0.15) is 5.75 Å². The molecule has 2 aromatic carbocycles. The minimum atomic E-state index is -0.0511. The predicted octanol–water partition coefficient (Wildman–Crippen LogP) is 3.24. The standard InChI is InChI=1S/C17H20N2O/c1-12(18)17-15(8-5-9-16(17)20-2)19-10-13-6-3-4-7-14(13)11-19/h3-9,12H,10-11,18H2,1-2H3/t12-/m1/s1. The number of fused-ring (bicyclic) bond motifs is 1. The van der Waals surface area contributed by atoms with Crippen LogP contribution in [0.2, 0.25) is 0 Å². The van der Waals surface area contributed by atoms with Crippen LogP contribution in [0, 0.1) is 0 Å². The molecule has 0 fully saturated rings. The molecule has 3 nitrogen and oxygen atoms in total. The second-order valence-corrected chi connectivity index (χ2v) is 5.31. The molecule has 0 saturated heterocycles. The second-order valence-electron chi connectivity index (χ2n) is 5.31. The minimum absolute atomic E-state index is 0.0511. The number of hydrogen-bond acceptors (Lipinski definition) is 3. The molecule has 3 heteroatoms. The molecule has 0 aromatic heterocycles. The van der Waals surface area contributed by atoms with Crippen molar-refractivity contribution in [1.82, 2.24) is 0 Å². The van der Waals surface area contributed by atoms with E-state index in [0.29, 0.717) is 0 Å². The summed E-state index contributed by atoms with van der Waals surface area (Å²) >= 11 is 0. The Morgan fingerprint density at radius 2 is 1.70 bits per heavy atom. The topological polar surface area (TPSA) is 38.5 Å². The van der Waals surface area contributed by atoms with E-state index in [2.05, 4.69) is 35.2 Å². The Morgan fingerprint density at radius 1 is 1.05 bits per heavy atom. The van der Waals surface area contributed by atoms with Crippen LogP contribution >= 0.6 is 0 Å². The number of anilines is 1. The SMILES string of the molecule is COc1cccc(N2Cc3ccccc3C2)c1[C@@H](C)N. The van der Waals surface area contributed by atoms with Crippen molar-refractivity contribution in [1.29, 1.82) is 0 Å². The van der Waals surface area contributed by atoms with Gasteiger partial charge >= 0.3 is 0 Å². The van der Waals surface area contributed by atoms with Crippen LogP contribution in [-0.4, -0.2) is 7.11 Å². The fourth-order valence-electron chi connectivity index (χ4n) is 2.95. The Bertz CT molecular complexity index is 597. The molecule has 0 bridgehead atoms. The van der Waals surface area contributed by atoms with Gasteiger partial charge in [0.05, 0.1) is 7.11 Å². The fraction of sp³-hybridized carbons (Fsp3) is 0.294. The van der Waals surface area contributed by atoms with Gasteiger partial charge in [0.2, 0.25) is 0 Å². The van der Waals surface area contributed by atoms with Crippen molar-refractivity contribution in [3.05, 3.63) is 59.2 Å². The summed E-state index contributed by atoms with van der Waals surface area (Å²) in [6, 6.07) is 14.7. The molecule has 0 saturated carbocycles. The lowest BCUT2D eigenvalue weighted by molar-refractivity contribution is 0.407. The maximum Gasteiger partial charge on any atom is 0.125 e. The summed E-state index contributed by atoms with van der Waals surface area (Å²) < 4.78 is 5.48. The van der Waals surface area contributed by atoms with Crippen molar-refractivity contribution in [2.45, 2.75) is 26.1 Å². The summed E-state index contributed by atoms with van der Waals surface area (Å²) in [5.41, 5.74) is 11.2. The lowest BCUT2D eigenvalue weighted by Crippen LogP contribution is -2.19. The van der Waals surface area contributed by atoms with Gasteiger partial charge in [-0.1, -0.05) is 30.3 Å². The van der Waals surface area contributed by atoms with E-state index in [1.807, 2.05) is 19.1 Å². The number of nitrogens with two attached hydrogens (primary N) is 1. The number of benzene rings is 2. The van der Waals surface area contributed by atoms with Gasteiger partial charge in [-0.25, -0.2) is 0 Å². The number of hydrogen-bond donors (Lipinski definition) is 1. The van der Waals surface area contributed by atoms with Gasteiger partial charge < -0.3 is 15.4 Å². The van der Waals surface area contributed by atoms with Gasteiger partial charge in [0.25, 0.3) is 0 Å². The van der Waals surface area contributed by atoms with Crippen molar-refractivity contribution < 1.29 is 4.74 Å². The molecule has 0 aliphatic carbocycles. The first-order valence-corrected chi connectivity index (χ1v) is 6.95. The molecular formula is C17H20N2O. The van der Waals surface area contributed by atoms with Crippen LogP contribution in [0.5, 0.6) is 5.75 Å². The first-order valence-electron chi connectivity index (χ1n) is 6.95. The van der Waals surface area contributed by atoms with E-state index in [-0.39, 0.29) is 6.04 Å². The van der Waals surface area contributed by atoms with Gasteiger partial charge in [-0.05, 0) is 30.2 Å². The lowest BCUT2D eigenvalue weighted by atomic mass is 10.0. The summed E-state index contributed by atoms with van der Waals surface area (Å²) in [6.07, 6.45) is 0.